The van der Waals surface area contributed by atoms with Crippen LogP contribution in [0.5, 0.6) is 0 Å². The van der Waals surface area contributed by atoms with Gasteiger partial charge in [-0.25, -0.2) is 0 Å². The van der Waals surface area contributed by atoms with Crippen molar-refractivity contribution in [2.24, 2.45) is 10.9 Å². The molecule has 1 saturated heterocycles. The van der Waals surface area contributed by atoms with E-state index in [1.54, 1.807) is 6.92 Å². The summed E-state index contributed by atoms with van der Waals surface area (Å²) in [6.07, 6.45) is 5.03. The number of fused-ring (bicyclic) bond motifs is 1. The normalized spacial score (nSPS) is 18.1. The van der Waals surface area contributed by atoms with Gasteiger partial charge in [0.1, 0.15) is 5.84 Å². The number of nitrogens with one attached hydrogen (secondary N) is 1. The molecule has 0 aliphatic carbocycles. The van der Waals surface area contributed by atoms with Crippen LogP contribution >= 0.6 is 0 Å². The van der Waals surface area contributed by atoms with E-state index in [9.17, 15) is 4.79 Å². The first-order chi connectivity index (χ1) is 16.7. The summed E-state index contributed by atoms with van der Waals surface area (Å²) >= 11 is 0. The van der Waals surface area contributed by atoms with E-state index < -0.39 is 0 Å². The molecule has 2 aromatic carbocycles. The zero-order chi connectivity index (χ0) is 23.3. The molecule has 3 heterocycles. The van der Waals surface area contributed by atoms with E-state index in [-0.39, 0.29) is 11.8 Å². The third-order valence-electron chi connectivity index (χ3n) is 6.48. The number of carbonyl (C=O) groups excluding carboxylic acids is 1. The summed E-state index contributed by atoms with van der Waals surface area (Å²) in [5, 5.41) is 14.5. The van der Waals surface area contributed by atoms with Gasteiger partial charge in [-0.1, -0.05) is 60.7 Å². The predicted molar refractivity (Wildman–Crippen MR) is 136 cm³/mol. The first-order valence-corrected chi connectivity index (χ1v) is 11.9. The lowest BCUT2D eigenvalue weighted by Crippen LogP contribution is -2.49. The SMILES string of the molecule is CC(=O)NCC1C=CC(N2CCN(c3nnc(Cc4ccccc4)c4ccccc34)CC2)=NC1. The van der Waals surface area contributed by atoms with Crippen molar-refractivity contribution in [1.29, 1.82) is 0 Å². The number of rotatable bonds is 5. The quantitative estimate of drug-likeness (QED) is 0.642. The highest BCUT2D eigenvalue weighted by atomic mass is 16.1. The minimum atomic E-state index is 0.00280. The summed E-state index contributed by atoms with van der Waals surface area (Å²) in [7, 11) is 0. The lowest BCUT2D eigenvalue weighted by molar-refractivity contribution is -0.119. The van der Waals surface area contributed by atoms with Gasteiger partial charge in [-0.15, -0.1) is 5.10 Å². The molecule has 174 valence electrons. The molecule has 1 N–H and O–H groups in total. The van der Waals surface area contributed by atoms with Gasteiger partial charge in [0.25, 0.3) is 0 Å². The van der Waals surface area contributed by atoms with Crippen LogP contribution in [-0.4, -0.2) is 66.1 Å². The van der Waals surface area contributed by atoms with E-state index in [1.807, 2.05) is 6.07 Å². The zero-order valence-electron chi connectivity index (χ0n) is 19.5. The topological polar surface area (TPSA) is 73.7 Å². The molecule has 1 unspecified atom stereocenters. The minimum absolute atomic E-state index is 0.00280. The Balaban J connectivity index is 1.26. The number of anilines is 1. The van der Waals surface area contributed by atoms with Crippen LogP contribution in [0.1, 0.15) is 18.2 Å². The van der Waals surface area contributed by atoms with Gasteiger partial charge in [0, 0.05) is 69.3 Å². The smallest absolute Gasteiger partial charge is 0.216 e. The standard InChI is InChI=1S/C27H30N6O/c1-20(34)28-18-22-11-12-26(29-19-22)32-13-15-33(16-14-32)27-24-10-6-5-9-23(24)25(30-31-27)17-21-7-3-2-4-8-21/h2-12,22H,13-19H2,1H3,(H,28,34). The van der Waals surface area contributed by atoms with E-state index in [2.05, 4.69) is 86.0 Å². The number of benzene rings is 2. The van der Waals surface area contributed by atoms with Crippen molar-refractivity contribution in [2.75, 3.05) is 44.2 Å². The molecule has 1 fully saturated rings. The van der Waals surface area contributed by atoms with E-state index >= 15 is 0 Å². The molecule has 2 aliphatic rings. The third kappa shape index (κ3) is 4.93. The molecule has 7 nitrogen and oxygen atoms in total. The maximum atomic E-state index is 11.1. The first-order valence-electron chi connectivity index (χ1n) is 11.9. The lowest BCUT2D eigenvalue weighted by atomic mass is 10.0. The highest BCUT2D eigenvalue weighted by Gasteiger charge is 2.23. The maximum absolute atomic E-state index is 11.1. The Morgan fingerprint density at radius 3 is 2.35 bits per heavy atom. The van der Waals surface area contributed by atoms with Crippen molar-refractivity contribution < 1.29 is 4.79 Å². The van der Waals surface area contributed by atoms with Crippen molar-refractivity contribution in [3.8, 4) is 0 Å². The number of amides is 1. The number of piperazine rings is 1. The van der Waals surface area contributed by atoms with Crippen LogP contribution in [0.15, 0.2) is 71.7 Å². The van der Waals surface area contributed by atoms with Crippen molar-refractivity contribution in [3.05, 3.63) is 78.0 Å². The van der Waals surface area contributed by atoms with E-state index in [1.165, 1.54) is 10.9 Å². The number of dihydropyridines is 1. The summed E-state index contributed by atoms with van der Waals surface area (Å²) < 4.78 is 0. The minimum Gasteiger partial charge on any atom is -0.356 e. The fraction of sp³-hybridized carbons (Fsp3) is 0.333. The van der Waals surface area contributed by atoms with Crippen molar-refractivity contribution >= 4 is 28.3 Å². The highest BCUT2D eigenvalue weighted by molar-refractivity contribution is 5.95. The number of amidine groups is 1. The molecular formula is C27H30N6O. The highest BCUT2D eigenvalue weighted by Crippen LogP contribution is 2.28. The summed E-state index contributed by atoms with van der Waals surface area (Å²) in [6, 6.07) is 18.9. The monoisotopic (exact) mass is 454 g/mol. The Kier molecular flexibility index (Phi) is 6.51. The second-order valence-electron chi connectivity index (χ2n) is 8.91. The van der Waals surface area contributed by atoms with Crippen LogP contribution < -0.4 is 10.2 Å². The Hall–Kier alpha value is -3.74. The average molecular weight is 455 g/mol. The molecule has 0 radical (unpaired) electrons. The van der Waals surface area contributed by atoms with Crippen LogP contribution in [0.25, 0.3) is 10.8 Å². The van der Waals surface area contributed by atoms with Crippen LogP contribution in [0.4, 0.5) is 5.82 Å². The number of carbonyl (C=O) groups is 1. The molecular weight excluding hydrogens is 424 g/mol. The van der Waals surface area contributed by atoms with Crippen LogP contribution in [0.3, 0.4) is 0 Å². The van der Waals surface area contributed by atoms with Crippen molar-refractivity contribution in [3.63, 3.8) is 0 Å². The third-order valence-corrected chi connectivity index (χ3v) is 6.48. The summed E-state index contributed by atoms with van der Waals surface area (Å²) in [5.74, 6) is 2.27. The fourth-order valence-electron chi connectivity index (χ4n) is 4.61. The van der Waals surface area contributed by atoms with Gasteiger partial charge in [-0.3, -0.25) is 9.79 Å². The summed E-state index contributed by atoms with van der Waals surface area (Å²) in [4.78, 5) is 20.6. The lowest BCUT2D eigenvalue weighted by Gasteiger charge is -2.37. The average Bonchev–Trinajstić information content (AvgIpc) is 2.89. The molecule has 1 atom stereocenters. The maximum Gasteiger partial charge on any atom is 0.216 e. The molecule has 5 rings (SSSR count). The molecule has 2 aliphatic heterocycles. The van der Waals surface area contributed by atoms with Crippen LogP contribution in [0, 0.1) is 5.92 Å². The molecule has 1 amide bonds. The molecule has 0 saturated carbocycles. The number of aliphatic imine (C=N–C) groups is 1. The number of aromatic nitrogens is 2. The molecule has 3 aromatic rings. The van der Waals surface area contributed by atoms with E-state index in [4.69, 9.17) is 4.99 Å². The van der Waals surface area contributed by atoms with Gasteiger partial charge >= 0.3 is 0 Å². The van der Waals surface area contributed by atoms with Gasteiger partial charge in [0.15, 0.2) is 5.82 Å². The first kappa shape index (κ1) is 22.1. The molecule has 34 heavy (non-hydrogen) atoms. The van der Waals surface area contributed by atoms with Crippen LogP contribution in [-0.2, 0) is 11.2 Å². The summed E-state index contributed by atoms with van der Waals surface area (Å²) in [6.45, 7) is 6.43. The van der Waals surface area contributed by atoms with Crippen molar-refractivity contribution in [2.45, 2.75) is 13.3 Å². The summed E-state index contributed by atoms with van der Waals surface area (Å²) in [5.41, 5.74) is 2.25. The van der Waals surface area contributed by atoms with Gasteiger partial charge in [-0.2, -0.15) is 5.10 Å². The van der Waals surface area contributed by atoms with E-state index in [0.717, 1.165) is 55.3 Å². The number of hydrogen-bond acceptors (Lipinski definition) is 6. The van der Waals surface area contributed by atoms with E-state index in [0.29, 0.717) is 13.1 Å². The molecule has 0 bridgehead atoms. The molecule has 1 aromatic heterocycles. The van der Waals surface area contributed by atoms with Gasteiger partial charge in [0.2, 0.25) is 5.91 Å². The second-order valence-corrected chi connectivity index (χ2v) is 8.91. The van der Waals surface area contributed by atoms with Crippen molar-refractivity contribution in [1.82, 2.24) is 20.4 Å². The van der Waals surface area contributed by atoms with Crippen LogP contribution in [0.2, 0.25) is 0 Å². The van der Waals surface area contributed by atoms with Gasteiger partial charge in [-0.05, 0) is 11.6 Å². The molecule has 7 heteroatoms. The Bertz CT molecular complexity index is 1210. The predicted octanol–water partition coefficient (Wildman–Crippen LogP) is 3.06. The Morgan fingerprint density at radius 1 is 0.941 bits per heavy atom. The number of nitrogens with zero attached hydrogens (tertiary/aromatic N) is 5. The Morgan fingerprint density at radius 2 is 1.65 bits per heavy atom. The van der Waals surface area contributed by atoms with Gasteiger partial charge in [0.05, 0.1) is 5.69 Å². The largest absolute Gasteiger partial charge is 0.356 e. The second kappa shape index (κ2) is 10.0. The fourth-order valence-corrected chi connectivity index (χ4v) is 4.61. The van der Waals surface area contributed by atoms with Gasteiger partial charge < -0.3 is 15.1 Å². The Labute approximate surface area is 200 Å². The number of hydrogen-bond donors (Lipinski definition) is 1. The zero-order valence-corrected chi connectivity index (χ0v) is 19.5. The molecule has 0 spiro atoms.